The molecule has 2 atom stereocenters. The third kappa shape index (κ3) is 3.67. The molecule has 86 valence electrons. The number of nitrogens with one attached hydrogen (secondary N) is 1. The van der Waals surface area contributed by atoms with Gasteiger partial charge in [0, 0.05) is 12.1 Å². The lowest BCUT2D eigenvalue weighted by Crippen LogP contribution is -2.28. The van der Waals surface area contributed by atoms with E-state index in [0.29, 0.717) is 12.1 Å². The van der Waals surface area contributed by atoms with E-state index < -0.39 is 0 Å². The third-order valence-corrected chi connectivity index (χ3v) is 2.77. The van der Waals surface area contributed by atoms with Gasteiger partial charge in [-0.05, 0) is 38.0 Å². The number of rotatable bonds is 5. The maximum atomic E-state index is 8.84. The van der Waals surface area contributed by atoms with Crippen LogP contribution < -0.4 is 5.32 Å². The number of hydrogen-bond donors (Lipinski definition) is 1. The lowest BCUT2D eigenvalue weighted by molar-refractivity contribution is 0.453. The molecule has 1 aromatic carbocycles. The molecule has 0 heterocycles. The van der Waals surface area contributed by atoms with E-state index in [-0.39, 0.29) is 0 Å². The summed E-state index contributed by atoms with van der Waals surface area (Å²) in [6.45, 7) is 6.54. The van der Waals surface area contributed by atoms with Gasteiger partial charge in [0.1, 0.15) is 0 Å². The molecule has 1 rings (SSSR count). The molecule has 0 aliphatic rings. The molecule has 0 fully saturated rings. The van der Waals surface area contributed by atoms with Crippen LogP contribution >= 0.6 is 0 Å². The first kappa shape index (κ1) is 12.7. The highest BCUT2D eigenvalue weighted by Gasteiger charge is 2.08. The summed E-state index contributed by atoms with van der Waals surface area (Å²) in [5, 5.41) is 12.4. The molecule has 0 radical (unpaired) electrons. The second-order valence-corrected chi connectivity index (χ2v) is 4.32. The molecule has 16 heavy (non-hydrogen) atoms. The van der Waals surface area contributed by atoms with Crippen molar-refractivity contribution in [1.82, 2.24) is 5.32 Å². The highest BCUT2D eigenvalue weighted by atomic mass is 14.9. The normalized spacial score (nSPS) is 14.1. The van der Waals surface area contributed by atoms with Crippen LogP contribution in [0.1, 0.15) is 50.8 Å². The number of benzene rings is 1. The summed E-state index contributed by atoms with van der Waals surface area (Å²) in [6.07, 6.45) is 2.38. The lowest BCUT2D eigenvalue weighted by atomic mass is 10.0. The van der Waals surface area contributed by atoms with E-state index in [4.69, 9.17) is 5.26 Å². The number of nitriles is 1. The molecule has 0 aromatic heterocycles. The molecule has 2 unspecified atom stereocenters. The molecule has 1 aromatic rings. The molecular weight excluding hydrogens is 196 g/mol. The van der Waals surface area contributed by atoms with Crippen LogP contribution in [-0.4, -0.2) is 6.04 Å². The Hall–Kier alpha value is -1.33. The summed E-state index contributed by atoms with van der Waals surface area (Å²) < 4.78 is 0. The van der Waals surface area contributed by atoms with Crippen molar-refractivity contribution in [3.05, 3.63) is 35.4 Å². The lowest BCUT2D eigenvalue weighted by Gasteiger charge is -2.20. The average molecular weight is 216 g/mol. The number of nitrogens with zero attached hydrogens (tertiary/aromatic N) is 1. The van der Waals surface area contributed by atoms with E-state index in [1.807, 2.05) is 18.2 Å². The van der Waals surface area contributed by atoms with Crippen LogP contribution in [0.3, 0.4) is 0 Å². The SMILES string of the molecule is CCCC(C)NC(C)c1cccc(C#N)c1. The smallest absolute Gasteiger partial charge is 0.0991 e. The Bertz CT molecular complexity index is 365. The third-order valence-electron chi connectivity index (χ3n) is 2.77. The second-order valence-electron chi connectivity index (χ2n) is 4.32. The van der Waals surface area contributed by atoms with Gasteiger partial charge in [0.25, 0.3) is 0 Å². The van der Waals surface area contributed by atoms with Gasteiger partial charge in [-0.1, -0.05) is 25.5 Å². The zero-order chi connectivity index (χ0) is 12.0. The van der Waals surface area contributed by atoms with Crippen LogP contribution in [0.4, 0.5) is 0 Å². The predicted octanol–water partition coefficient (Wildman–Crippen LogP) is 3.40. The Balaban J connectivity index is 2.65. The minimum atomic E-state index is 0.301. The summed E-state index contributed by atoms with van der Waals surface area (Å²) in [5.74, 6) is 0. The maximum Gasteiger partial charge on any atom is 0.0991 e. The van der Waals surface area contributed by atoms with E-state index in [2.05, 4.69) is 38.2 Å². The van der Waals surface area contributed by atoms with Crippen molar-refractivity contribution in [2.24, 2.45) is 0 Å². The Morgan fingerprint density at radius 2 is 2.12 bits per heavy atom. The molecule has 0 bridgehead atoms. The first-order chi connectivity index (χ1) is 7.67. The Morgan fingerprint density at radius 3 is 2.75 bits per heavy atom. The summed E-state index contributed by atoms with van der Waals surface area (Å²) in [4.78, 5) is 0. The van der Waals surface area contributed by atoms with Crippen LogP contribution in [0.15, 0.2) is 24.3 Å². The fraction of sp³-hybridized carbons (Fsp3) is 0.500. The molecule has 2 heteroatoms. The Kier molecular flexibility index (Phi) is 5.01. The fourth-order valence-corrected chi connectivity index (χ4v) is 1.92. The van der Waals surface area contributed by atoms with Gasteiger partial charge in [0.2, 0.25) is 0 Å². The second kappa shape index (κ2) is 6.30. The summed E-state index contributed by atoms with van der Waals surface area (Å²) >= 11 is 0. The zero-order valence-corrected chi connectivity index (χ0v) is 10.3. The van der Waals surface area contributed by atoms with E-state index in [1.165, 1.54) is 18.4 Å². The largest absolute Gasteiger partial charge is 0.308 e. The van der Waals surface area contributed by atoms with Crippen molar-refractivity contribution >= 4 is 0 Å². The van der Waals surface area contributed by atoms with Crippen molar-refractivity contribution in [3.63, 3.8) is 0 Å². The topological polar surface area (TPSA) is 35.8 Å². The maximum absolute atomic E-state index is 8.84. The molecule has 2 nitrogen and oxygen atoms in total. The summed E-state index contributed by atoms with van der Waals surface area (Å²) in [5.41, 5.74) is 1.91. The minimum Gasteiger partial charge on any atom is -0.308 e. The van der Waals surface area contributed by atoms with Crippen molar-refractivity contribution in [2.75, 3.05) is 0 Å². The van der Waals surface area contributed by atoms with E-state index in [0.717, 1.165) is 5.56 Å². The molecule has 0 aliphatic heterocycles. The van der Waals surface area contributed by atoms with Crippen LogP contribution in [-0.2, 0) is 0 Å². The van der Waals surface area contributed by atoms with Crippen LogP contribution in [0.5, 0.6) is 0 Å². The summed E-state index contributed by atoms with van der Waals surface area (Å²) in [7, 11) is 0. The monoisotopic (exact) mass is 216 g/mol. The van der Waals surface area contributed by atoms with Crippen molar-refractivity contribution in [3.8, 4) is 6.07 Å². The molecule has 0 saturated carbocycles. The van der Waals surface area contributed by atoms with Crippen LogP contribution in [0.25, 0.3) is 0 Å². The van der Waals surface area contributed by atoms with Crippen LogP contribution in [0, 0.1) is 11.3 Å². The first-order valence-electron chi connectivity index (χ1n) is 5.93. The first-order valence-corrected chi connectivity index (χ1v) is 5.93. The van der Waals surface area contributed by atoms with Gasteiger partial charge in [-0.25, -0.2) is 0 Å². The molecule has 0 saturated heterocycles. The minimum absolute atomic E-state index is 0.301. The number of hydrogen-bond acceptors (Lipinski definition) is 2. The van der Waals surface area contributed by atoms with Gasteiger partial charge in [-0.15, -0.1) is 0 Å². The van der Waals surface area contributed by atoms with Crippen molar-refractivity contribution in [1.29, 1.82) is 5.26 Å². The van der Waals surface area contributed by atoms with Crippen molar-refractivity contribution < 1.29 is 0 Å². The van der Waals surface area contributed by atoms with Gasteiger partial charge in [-0.2, -0.15) is 5.26 Å². The van der Waals surface area contributed by atoms with Gasteiger partial charge in [0.05, 0.1) is 11.6 Å². The molecule has 1 N–H and O–H groups in total. The summed E-state index contributed by atoms with van der Waals surface area (Å²) in [6, 6.07) is 10.8. The fourth-order valence-electron chi connectivity index (χ4n) is 1.92. The highest BCUT2D eigenvalue weighted by Crippen LogP contribution is 2.15. The molecule has 0 amide bonds. The van der Waals surface area contributed by atoms with Gasteiger partial charge in [-0.3, -0.25) is 0 Å². The van der Waals surface area contributed by atoms with E-state index >= 15 is 0 Å². The molecular formula is C14H20N2. The van der Waals surface area contributed by atoms with E-state index in [9.17, 15) is 0 Å². The predicted molar refractivity (Wildman–Crippen MR) is 67.1 cm³/mol. The van der Waals surface area contributed by atoms with Gasteiger partial charge < -0.3 is 5.32 Å². The van der Waals surface area contributed by atoms with Crippen molar-refractivity contribution in [2.45, 2.75) is 45.7 Å². The Labute approximate surface area is 98.3 Å². The van der Waals surface area contributed by atoms with E-state index in [1.54, 1.807) is 0 Å². The highest BCUT2D eigenvalue weighted by molar-refractivity contribution is 5.34. The standard InChI is InChI=1S/C14H20N2/c1-4-6-11(2)16-12(3)14-8-5-7-13(9-14)10-15/h5,7-9,11-12,16H,4,6H2,1-3H3. The van der Waals surface area contributed by atoms with Crippen LogP contribution in [0.2, 0.25) is 0 Å². The Morgan fingerprint density at radius 1 is 1.38 bits per heavy atom. The molecule has 0 spiro atoms. The van der Waals surface area contributed by atoms with Gasteiger partial charge >= 0.3 is 0 Å². The zero-order valence-electron chi connectivity index (χ0n) is 10.3. The quantitative estimate of drug-likeness (QED) is 0.818. The van der Waals surface area contributed by atoms with Gasteiger partial charge in [0.15, 0.2) is 0 Å². The average Bonchev–Trinajstić information content (AvgIpc) is 2.29. The molecule has 0 aliphatic carbocycles.